The summed E-state index contributed by atoms with van der Waals surface area (Å²) in [6, 6.07) is 5.56. The molecule has 0 atom stereocenters. The van der Waals surface area contributed by atoms with E-state index in [0.29, 0.717) is 63.7 Å². The number of benzene rings is 1. The van der Waals surface area contributed by atoms with E-state index >= 15 is 0 Å². The van der Waals surface area contributed by atoms with Gasteiger partial charge in [-0.1, -0.05) is 13.8 Å². The summed E-state index contributed by atoms with van der Waals surface area (Å²) in [5, 5.41) is 2.91. The van der Waals surface area contributed by atoms with Crippen molar-refractivity contribution in [2.45, 2.75) is 26.7 Å². The zero-order valence-electron chi connectivity index (χ0n) is 18.4. The molecule has 1 saturated carbocycles. The predicted octanol–water partition coefficient (Wildman–Crippen LogP) is 1.81. The minimum absolute atomic E-state index is 0.0459. The van der Waals surface area contributed by atoms with Crippen molar-refractivity contribution >= 4 is 29.1 Å². The topological polar surface area (TPSA) is 82.2 Å². The first-order chi connectivity index (χ1) is 14.9. The van der Waals surface area contributed by atoms with Crippen LogP contribution in [0.2, 0.25) is 0 Å². The minimum atomic E-state index is -0.143. The van der Waals surface area contributed by atoms with E-state index in [2.05, 4.69) is 10.2 Å². The fourth-order valence-electron chi connectivity index (χ4n) is 4.04. The van der Waals surface area contributed by atoms with Crippen molar-refractivity contribution in [3.05, 3.63) is 23.8 Å². The van der Waals surface area contributed by atoms with Gasteiger partial charge in [0.1, 0.15) is 0 Å². The van der Waals surface area contributed by atoms with Crippen LogP contribution in [-0.4, -0.2) is 80.0 Å². The monoisotopic (exact) mass is 428 g/mol. The molecular weight excluding hydrogens is 396 g/mol. The Morgan fingerprint density at radius 2 is 1.65 bits per heavy atom. The van der Waals surface area contributed by atoms with Crippen LogP contribution in [0.15, 0.2) is 18.2 Å². The lowest BCUT2D eigenvalue weighted by molar-refractivity contribution is -0.132. The molecule has 168 valence electrons. The maximum atomic E-state index is 13.4. The normalized spacial score (nSPS) is 19.5. The van der Waals surface area contributed by atoms with Gasteiger partial charge in [0.05, 0.1) is 18.8 Å². The lowest BCUT2D eigenvalue weighted by Crippen LogP contribution is -2.50. The number of anilines is 2. The van der Waals surface area contributed by atoms with Crippen LogP contribution in [0.4, 0.5) is 11.4 Å². The summed E-state index contributed by atoms with van der Waals surface area (Å²) in [5.41, 5.74) is 2.07. The minimum Gasteiger partial charge on any atom is -0.378 e. The summed E-state index contributed by atoms with van der Waals surface area (Å²) in [5.74, 6) is 0.236. The Hall–Kier alpha value is -2.61. The maximum absolute atomic E-state index is 13.4. The summed E-state index contributed by atoms with van der Waals surface area (Å²) in [4.78, 5) is 43.9. The van der Waals surface area contributed by atoms with Crippen molar-refractivity contribution in [1.82, 2.24) is 9.80 Å². The number of hydrogen-bond donors (Lipinski definition) is 1. The third-order valence-corrected chi connectivity index (χ3v) is 6.18. The molecule has 3 fully saturated rings. The van der Waals surface area contributed by atoms with Crippen LogP contribution < -0.4 is 10.2 Å². The van der Waals surface area contributed by atoms with Crippen molar-refractivity contribution in [3.8, 4) is 0 Å². The highest BCUT2D eigenvalue weighted by molar-refractivity contribution is 6.02. The van der Waals surface area contributed by atoms with Gasteiger partial charge in [-0.15, -0.1) is 0 Å². The third-order valence-electron chi connectivity index (χ3n) is 6.18. The van der Waals surface area contributed by atoms with Crippen molar-refractivity contribution in [2.24, 2.45) is 11.8 Å². The van der Waals surface area contributed by atoms with Crippen LogP contribution in [0, 0.1) is 11.8 Å². The average Bonchev–Trinajstić information content (AvgIpc) is 3.64. The number of ether oxygens (including phenoxy) is 1. The largest absolute Gasteiger partial charge is 0.378 e. The number of rotatable bonds is 5. The lowest BCUT2D eigenvalue weighted by Gasteiger charge is -2.37. The van der Waals surface area contributed by atoms with Crippen LogP contribution in [0.5, 0.6) is 0 Å². The molecule has 1 N–H and O–H groups in total. The van der Waals surface area contributed by atoms with E-state index in [9.17, 15) is 14.4 Å². The van der Waals surface area contributed by atoms with E-state index in [1.807, 2.05) is 35.8 Å². The zero-order chi connectivity index (χ0) is 22.0. The molecule has 0 radical (unpaired) electrons. The molecule has 4 rings (SSSR count). The smallest absolute Gasteiger partial charge is 0.256 e. The number of nitrogens with one attached hydrogen (secondary N) is 1. The Labute approximate surface area is 183 Å². The van der Waals surface area contributed by atoms with Gasteiger partial charge < -0.3 is 24.8 Å². The van der Waals surface area contributed by atoms with E-state index in [0.717, 1.165) is 18.5 Å². The Kier molecular flexibility index (Phi) is 6.46. The van der Waals surface area contributed by atoms with Crippen LogP contribution >= 0.6 is 0 Å². The quantitative estimate of drug-likeness (QED) is 0.774. The number of hydrogen-bond acceptors (Lipinski definition) is 5. The zero-order valence-corrected chi connectivity index (χ0v) is 18.4. The van der Waals surface area contributed by atoms with Crippen LogP contribution in [0.25, 0.3) is 0 Å². The van der Waals surface area contributed by atoms with Crippen molar-refractivity contribution in [1.29, 1.82) is 0 Å². The molecular formula is C23H32N4O4. The van der Waals surface area contributed by atoms with Crippen LogP contribution in [0.1, 0.15) is 37.0 Å². The summed E-state index contributed by atoms with van der Waals surface area (Å²) in [6.45, 7) is 8.60. The van der Waals surface area contributed by atoms with E-state index in [1.54, 1.807) is 6.07 Å². The first-order valence-electron chi connectivity index (χ1n) is 11.3. The summed E-state index contributed by atoms with van der Waals surface area (Å²) in [6.07, 6.45) is 2.03. The molecule has 0 bridgehead atoms. The van der Waals surface area contributed by atoms with E-state index < -0.39 is 0 Å². The van der Waals surface area contributed by atoms with Crippen molar-refractivity contribution in [3.63, 3.8) is 0 Å². The van der Waals surface area contributed by atoms with Gasteiger partial charge in [-0.05, 0) is 31.0 Å². The van der Waals surface area contributed by atoms with Gasteiger partial charge >= 0.3 is 0 Å². The van der Waals surface area contributed by atoms with E-state index in [1.165, 1.54) is 0 Å². The molecule has 0 aromatic heterocycles. The molecule has 2 saturated heterocycles. The second-order valence-electron chi connectivity index (χ2n) is 8.87. The highest BCUT2D eigenvalue weighted by Crippen LogP contribution is 2.32. The van der Waals surface area contributed by atoms with E-state index in [4.69, 9.17) is 4.74 Å². The number of piperazine rings is 1. The second-order valence-corrected chi connectivity index (χ2v) is 8.87. The molecule has 31 heavy (non-hydrogen) atoms. The standard InChI is InChI=1S/C23H32N4O4/c1-16(2)21(28)24-18-5-6-20(19(15-18)23(30)27-11-13-31-14-12-27)25-7-9-26(10-8-25)22(29)17-3-4-17/h5-6,15-17H,3-4,7-14H2,1-2H3,(H,24,28). The van der Waals surface area contributed by atoms with Gasteiger partial charge in [0.25, 0.3) is 5.91 Å². The Bertz CT molecular complexity index is 838. The third kappa shape index (κ3) is 5.01. The maximum Gasteiger partial charge on any atom is 0.256 e. The number of amides is 3. The van der Waals surface area contributed by atoms with E-state index in [-0.39, 0.29) is 29.6 Å². The van der Waals surface area contributed by atoms with Crippen LogP contribution in [-0.2, 0) is 14.3 Å². The van der Waals surface area contributed by atoms with Gasteiger partial charge in [-0.3, -0.25) is 14.4 Å². The fourth-order valence-corrected chi connectivity index (χ4v) is 4.04. The number of carbonyl (C=O) groups is 3. The highest BCUT2D eigenvalue weighted by Gasteiger charge is 2.35. The Morgan fingerprint density at radius 1 is 0.968 bits per heavy atom. The molecule has 1 aliphatic carbocycles. The molecule has 0 unspecified atom stereocenters. The Balaban J connectivity index is 1.54. The SMILES string of the molecule is CC(C)C(=O)Nc1ccc(N2CCN(C(=O)C3CC3)CC2)c(C(=O)N2CCOCC2)c1. The van der Waals surface area contributed by atoms with Gasteiger partial charge in [-0.25, -0.2) is 0 Å². The van der Waals surface area contributed by atoms with Crippen molar-refractivity contribution < 1.29 is 19.1 Å². The molecule has 1 aromatic carbocycles. The molecule has 2 heterocycles. The average molecular weight is 429 g/mol. The number of morpholine rings is 1. The predicted molar refractivity (Wildman–Crippen MR) is 118 cm³/mol. The van der Waals surface area contributed by atoms with Gasteiger partial charge in [-0.2, -0.15) is 0 Å². The fraction of sp³-hybridized carbons (Fsp3) is 0.609. The molecule has 3 aliphatic rings. The molecule has 8 heteroatoms. The number of nitrogens with zero attached hydrogens (tertiary/aromatic N) is 3. The lowest BCUT2D eigenvalue weighted by atomic mass is 10.1. The molecule has 1 aromatic rings. The van der Waals surface area contributed by atoms with Gasteiger partial charge in [0.15, 0.2) is 0 Å². The second kappa shape index (κ2) is 9.26. The van der Waals surface area contributed by atoms with Crippen LogP contribution in [0.3, 0.4) is 0 Å². The van der Waals surface area contributed by atoms with Gasteiger partial charge in [0, 0.05) is 62.5 Å². The Morgan fingerprint density at radius 3 is 2.26 bits per heavy atom. The first-order valence-corrected chi connectivity index (χ1v) is 11.3. The molecule has 2 aliphatic heterocycles. The highest BCUT2D eigenvalue weighted by atomic mass is 16.5. The number of carbonyl (C=O) groups excluding carboxylic acids is 3. The summed E-state index contributed by atoms with van der Waals surface area (Å²) in [7, 11) is 0. The molecule has 0 spiro atoms. The summed E-state index contributed by atoms with van der Waals surface area (Å²) >= 11 is 0. The molecule has 8 nitrogen and oxygen atoms in total. The van der Waals surface area contributed by atoms with Gasteiger partial charge in [0.2, 0.25) is 11.8 Å². The first kappa shape index (κ1) is 21.6. The summed E-state index contributed by atoms with van der Waals surface area (Å²) < 4.78 is 5.39. The van der Waals surface area contributed by atoms with Crippen molar-refractivity contribution in [2.75, 3.05) is 62.7 Å². The molecule has 3 amide bonds.